The van der Waals surface area contributed by atoms with E-state index in [-0.39, 0.29) is 18.4 Å². The molecule has 1 aliphatic rings. The predicted octanol–water partition coefficient (Wildman–Crippen LogP) is 0.188. The lowest BCUT2D eigenvalue weighted by atomic mass is 10.3. The highest BCUT2D eigenvalue weighted by Crippen LogP contribution is 2.21. The van der Waals surface area contributed by atoms with E-state index in [1.807, 2.05) is 30.3 Å². The molecule has 6 nitrogen and oxygen atoms in total. The lowest BCUT2D eigenvalue weighted by Gasteiger charge is -2.18. The molecule has 1 saturated heterocycles. The number of hydrogen-bond donors (Lipinski definition) is 1. The number of nitrogens with one attached hydrogen (secondary N) is 1. The van der Waals surface area contributed by atoms with Crippen LogP contribution in [0.25, 0.3) is 0 Å². The van der Waals surface area contributed by atoms with Crippen molar-refractivity contribution in [3.8, 4) is 0 Å². The van der Waals surface area contributed by atoms with Gasteiger partial charge in [0.25, 0.3) is 10.2 Å². The molecule has 0 spiro atoms. The topological polar surface area (TPSA) is 69.7 Å². The minimum absolute atomic E-state index is 0.0716. The molecule has 1 aromatic carbocycles. The van der Waals surface area contributed by atoms with Crippen molar-refractivity contribution in [3.05, 3.63) is 30.3 Å². The molecule has 2 rings (SSSR count). The number of nitrogens with zero attached hydrogens (tertiary/aromatic N) is 2. The lowest BCUT2D eigenvalue weighted by molar-refractivity contribution is -0.117. The van der Waals surface area contributed by atoms with Gasteiger partial charge in [-0.3, -0.25) is 4.79 Å². The predicted molar refractivity (Wildman–Crippen MR) is 72.9 cm³/mol. The van der Waals surface area contributed by atoms with Gasteiger partial charge >= 0.3 is 0 Å². The normalized spacial score (nSPS) is 20.3. The van der Waals surface area contributed by atoms with Crippen molar-refractivity contribution < 1.29 is 13.2 Å². The fourth-order valence-corrected chi connectivity index (χ4v) is 2.75. The van der Waals surface area contributed by atoms with Gasteiger partial charge in [0.1, 0.15) is 0 Å². The Morgan fingerprint density at radius 2 is 1.89 bits per heavy atom. The summed E-state index contributed by atoms with van der Waals surface area (Å²) < 4.78 is 27.1. The van der Waals surface area contributed by atoms with Crippen LogP contribution < -0.4 is 9.62 Å². The zero-order valence-corrected chi connectivity index (χ0v) is 11.7. The maximum Gasteiger partial charge on any atom is 0.279 e. The summed E-state index contributed by atoms with van der Waals surface area (Å²) in [5.74, 6) is -0.0716. The molecule has 1 atom stereocenters. The lowest BCUT2D eigenvalue weighted by Crippen LogP contribution is -2.43. The van der Waals surface area contributed by atoms with Crippen molar-refractivity contribution in [2.75, 3.05) is 25.5 Å². The Morgan fingerprint density at radius 3 is 2.47 bits per heavy atom. The number of hydrogen-bond acceptors (Lipinski definition) is 3. The van der Waals surface area contributed by atoms with Gasteiger partial charge in [0.2, 0.25) is 5.91 Å². The number of anilines is 1. The molecule has 7 heteroatoms. The molecule has 1 amide bonds. The average Bonchev–Trinajstić information content (AvgIpc) is 2.70. The molecule has 0 saturated carbocycles. The summed E-state index contributed by atoms with van der Waals surface area (Å²) in [4.78, 5) is 13.5. The summed E-state index contributed by atoms with van der Waals surface area (Å²) in [6.45, 7) is 0.357. The van der Waals surface area contributed by atoms with E-state index in [9.17, 15) is 13.2 Å². The maximum absolute atomic E-state index is 11.9. The van der Waals surface area contributed by atoms with E-state index >= 15 is 0 Å². The van der Waals surface area contributed by atoms with E-state index in [2.05, 4.69) is 4.72 Å². The van der Waals surface area contributed by atoms with E-state index in [1.54, 1.807) is 4.90 Å². The average molecular weight is 283 g/mol. The van der Waals surface area contributed by atoms with Gasteiger partial charge in [-0.05, 0) is 12.1 Å². The maximum atomic E-state index is 11.9. The molecule has 1 unspecified atom stereocenters. The van der Waals surface area contributed by atoms with Crippen LogP contribution in [0.4, 0.5) is 5.69 Å². The third kappa shape index (κ3) is 3.12. The van der Waals surface area contributed by atoms with Gasteiger partial charge in [-0.25, -0.2) is 0 Å². The first-order chi connectivity index (χ1) is 8.90. The minimum Gasteiger partial charge on any atom is -0.311 e. The van der Waals surface area contributed by atoms with Crippen LogP contribution >= 0.6 is 0 Å². The Labute approximate surface area is 113 Å². The van der Waals surface area contributed by atoms with Crippen molar-refractivity contribution >= 4 is 21.8 Å². The molecule has 1 aliphatic heterocycles. The second kappa shape index (κ2) is 5.28. The van der Waals surface area contributed by atoms with Crippen LogP contribution in [0.3, 0.4) is 0 Å². The fraction of sp³-hybridized carbons (Fsp3) is 0.417. The van der Waals surface area contributed by atoms with Crippen molar-refractivity contribution in [2.24, 2.45) is 0 Å². The van der Waals surface area contributed by atoms with Gasteiger partial charge in [-0.1, -0.05) is 18.2 Å². The van der Waals surface area contributed by atoms with Crippen LogP contribution in [0.15, 0.2) is 30.3 Å². The molecule has 0 aromatic heterocycles. The highest BCUT2D eigenvalue weighted by atomic mass is 32.2. The van der Waals surface area contributed by atoms with Gasteiger partial charge in [0.15, 0.2) is 0 Å². The van der Waals surface area contributed by atoms with Gasteiger partial charge in [-0.15, -0.1) is 0 Å². The van der Waals surface area contributed by atoms with Crippen LogP contribution in [0.1, 0.15) is 6.42 Å². The highest BCUT2D eigenvalue weighted by molar-refractivity contribution is 7.87. The summed E-state index contributed by atoms with van der Waals surface area (Å²) >= 11 is 0. The molecular weight excluding hydrogens is 266 g/mol. The molecule has 0 aliphatic carbocycles. The van der Waals surface area contributed by atoms with E-state index in [4.69, 9.17) is 0 Å². The first kappa shape index (κ1) is 14.0. The molecule has 0 bridgehead atoms. The summed E-state index contributed by atoms with van der Waals surface area (Å²) in [7, 11) is -0.601. The van der Waals surface area contributed by atoms with Crippen LogP contribution in [-0.2, 0) is 15.0 Å². The Kier molecular flexibility index (Phi) is 3.88. The Balaban J connectivity index is 2.09. The molecule has 104 valence electrons. The first-order valence-electron chi connectivity index (χ1n) is 5.95. The van der Waals surface area contributed by atoms with Gasteiger partial charge in [-0.2, -0.15) is 17.4 Å². The SMILES string of the molecule is CN(C)S(=O)(=O)NC1CC(=O)N(c2ccccc2)C1. The Hall–Kier alpha value is -1.44. The Bertz CT molecular complexity index is 557. The van der Waals surface area contributed by atoms with Crippen molar-refractivity contribution in [2.45, 2.75) is 12.5 Å². The zero-order chi connectivity index (χ0) is 14.0. The minimum atomic E-state index is -3.51. The van der Waals surface area contributed by atoms with Gasteiger partial charge < -0.3 is 4.90 Å². The zero-order valence-electron chi connectivity index (χ0n) is 10.9. The second-order valence-corrected chi connectivity index (χ2v) is 6.56. The van der Waals surface area contributed by atoms with E-state index in [0.717, 1.165) is 9.99 Å². The van der Waals surface area contributed by atoms with E-state index in [1.165, 1.54) is 14.1 Å². The van der Waals surface area contributed by atoms with Gasteiger partial charge in [0, 0.05) is 38.8 Å². The van der Waals surface area contributed by atoms with Crippen molar-refractivity contribution in [1.29, 1.82) is 0 Å². The monoisotopic (exact) mass is 283 g/mol. The summed E-state index contributed by atoms with van der Waals surface area (Å²) in [5.41, 5.74) is 0.791. The molecule has 1 fully saturated rings. The molecule has 1 heterocycles. The number of rotatable bonds is 4. The highest BCUT2D eigenvalue weighted by Gasteiger charge is 2.33. The number of carbonyl (C=O) groups is 1. The number of benzene rings is 1. The molecule has 1 aromatic rings. The van der Waals surface area contributed by atoms with E-state index < -0.39 is 10.2 Å². The molecule has 19 heavy (non-hydrogen) atoms. The third-order valence-corrected chi connectivity index (χ3v) is 4.58. The summed E-state index contributed by atoms with van der Waals surface area (Å²) in [6.07, 6.45) is 0.183. The largest absolute Gasteiger partial charge is 0.311 e. The molecular formula is C12H17N3O3S. The number of para-hydroxylation sites is 1. The van der Waals surface area contributed by atoms with Crippen LogP contribution in [0.2, 0.25) is 0 Å². The quantitative estimate of drug-likeness (QED) is 0.857. The summed E-state index contributed by atoms with van der Waals surface area (Å²) in [5, 5.41) is 0. The van der Waals surface area contributed by atoms with Crippen LogP contribution in [-0.4, -0.2) is 45.3 Å². The number of amides is 1. The van der Waals surface area contributed by atoms with Crippen molar-refractivity contribution in [3.63, 3.8) is 0 Å². The summed E-state index contributed by atoms with van der Waals surface area (Å²) in [6, 6.07) is 8.84. The van der Waals surface area contributed by atoms with E-state index in [0.29, 0.717) is 6.54 Å². The Morgan fingerprint density at radius 1 is 1.26 bits per heavy atom. The molecule has 1 N–H and O–H groups in total. The molecule has 0 radical (unpaired) electrons. The fourth-order valence-electron chi connectivity index (χ4n) is 1.96. The van der Waals surface area contributed by atoms with Crippen LogP contribution in [0.5, 0.6) is 0 Å². The first-order valence-corrected chi connectivity index (χ1v) is 7.39. The van der Waals surface area contributed by atoms with Gasteiger partial charge in [0.05, 0.1) is 0 Å². The second-order valence-electron chi connectivity index (χ2n) is 4.65. The smallest absolute Gasteiger partial charge is 0.279 e. The third-order valence-electron chi connectivity index (χ3n) is 2.99. The number of carbonyl (C=O) groups excluding carboxylic acids is 1. The van der Waals surface area contributed by atoms with Crippen molar-refractivity contribution in [1.82, 2.24) is 9.03 Å². The standard InChI is InChI=1S/C12H17N3O3S/c1-14(2)19(17,18)13-10-8-12(16)15(9-10)11-6-4-3-5-7-11/h3-7,10,13H,8-9H2,1-2H3. The van der Waals surface area contributed by atoms with Crippen LogP contribution in [0, 0.1) is 0 Å².